The van der Waals surface area contributed by atoms with Gasteiger partial charge in [0, 0.05) is 10.2 Å². The molecule has 32 heavy (non-hydrogen) atoms. The van der Waals surface area contributed by atoms with Crippen molar-refractivity contribution in [1.29, 1.82) is 5.26 Å². The molecule has 0 aliphatic rings. The van der Waals surface area contributed by atoms with Crippen LogP contribution in [-0.4, -0.2) is 13.0 Å². The molecule has 0 atom stereocenters. The van der Waals surface area contributed by atoms with Gasteiger partial charge in [-0.25, -0.2) is 0 Å². The number of amides is 1. The number of ether oxygens (including phenoxy) is 2. The molecular weight excluding hydrogens is 492 g/mol. The minimum atomic E-state index is -0.510. The van der Waals surface area contributed by atoms with E-state index >= 15 is 0 Å². The second-order valence-corrected chi connectivity index (χ2v) is 8.27. The summed E-state index contributed by atoms with van der Waals surface area (Å²) in [6.07, 6.45) is 1.46. The Balaban J connectivity index is 1.81. The van der Waals surface area contributed by atoms with Crippen molar-refractivity contribution in [2.45, 2.75) is 13.5 Å². The molecule has 7 heteroatoms. The predicted molar refractivity (Wildman–Crippen MR) is 130 cm³/mol. The van der Waals surface area contributed by atoms with Gasteiger partial charge in [0.25, 0.3) is 5.91 Å². The highest BCUT2D eigenvalue weighted by molar-refractivity contribution is 9.10. The van der Waals surface area contributed by atoms with Gasteiger partial charge in [-0.3, -0.25) is 4.79 Å². The quantitative estimate of drug-likeness (QED) is 0.289. The number of carbonyl (C=O) groups is 1. The Morgan fingerprint density at radius 2 is 1.94 bits per heavy atom. The fourth-order valence-corrected chi connectivity index (χ4v) is 3.47. The van der Waals surface area contributed by atoms with Crippen molar-refractivity contribution in [2.24, 2.45) is 0 Å². The Morgan fingerprint density at radius 3 is 2.59 bits per heavy atom. The number of hydrogen-bond acceptors (Lipinski definition) is 4. The highest BCUT2D eigenvalue weighted by atomic mass is 79.9. The molecule has 0 bridgehead atoms. The zero-order valence-electron chi connectivity index (χ0n) is 17.5. The number of rotatable bonds is 7. The summed E-state index contributed by atoms with van der Waals surface area (Å²) in [5, 5.41) is 12.5. The molecule has 5 nitrogen and oxygen atoms in total. The van der Waals surface area contributed by atoms with Crippen LogP contribution < -0.4 is 14.8 Å². The first-order valence-electron chi connectivity index (χ1n) is 9.64. The number of carbonyl (C=O) groups excluding carboxylic acids is 1. The third kappa shape index (κ3) is 6.13. The molecule has 0 radical (unpaired) electrons. The summed E-state index contributed by atoms with van der Waals surface area (Å²) in [7, 11) is 1.50. The summed E-state index contributed by atoms with van der Waals surface area (Å²) in [5.41, 5.74) is 3.06. The smallest absolute Gasteiger partial charge is 0.266 e. The Morgan fingerprint density at radius 1 is 1.19 bits per heavy atom. The van der Waals surface area contributed by atoms with Gasteiger partial charge < -0.3 is 14.8 Å². The van der Waals surface area contributed by atoms with Crippen LogP contribution in [0.2, 0.25) is 5.02 Å². The van der Waals surface area contributed by atoms with E-state index in [4.69, 9.17) is 21.1 Å². The van der Waals surface area contributed by atoms with Gasteiger partial charge >= 0.3 is 0 Å². The van der Waals surface area contributed by atoms with Crippen LogP contribution in [0.4, 0.5) is 5.69 Å². The van der Waals surface area contributed by atoms with E-state index in [1.165, 1.54) is 13.2 Å². The van der Waals surface area contributed by atoms with Gasteiger partial charge in [-0.2, -0.15) is 5.26 Å². The van der Waals surface area contributed by atoms with E-state index in [1.54, 1.807) is 18.2 Å². The van der Waals surface area contributed by atoms with Crippen molar-refractivity contribution in [3.63, 3.8) is 0 Å². The number of nitrogens with one attached hydrogen (secondary N) is 1. The second kappa shape index (κ2) is 10.9. The largest absolute Gasteiger partial charge is 0.493 e. The number of halogens is 2. The lowest BCUT2D eigenvalue weighted by Gasteiger charge is -2.14. The van der Waals surface area contributed by atoms with Gasteiger partial charge in [0.2, 0.25) is 0 Å². The SMILES string of the molecule is COc1cc(/C=C(/C#N)C(=O)Nc2cccc(C)c2)cc(Cl)c1OCc1ccc(Br)cc1. The van der Waals surface area contributed by atoms with Gasteiger partial charge in [0.15, 0.2) is 11.5 Å². The van der Waals surface area contributed by atoms with Crippen molar-refractivity contribution < 1.29 is 14.3 Å². The molecule has 1 N–H and O–H groups in total. The lowest BCUT2D eigenvalue weighted by Crippen LogP contribution is -2.13. The van der Waals surface area contributed by atoms with Crippen LogP contribution in [0.1, 0.15) is 16.7 Å². The third-order valence-corrected chi connectivity index (χ3v) is 5.31. The van der Waals surface area contributed by atoms with E-state index in [-0.39, 0.29) is 5.57 Å². The van der Waals surface area contributed by atoms with Crippen molar-refractivity contribution in [1.82, 2.24) is 0 Å². The summed E-state index contributed by atoms with van der Waals surface area (Å²) >= 11 is 9.84. The Labute approximate surface area is 200 Å². The summed E-state index contributed by atoms with van der Waals surface area (Å²) in [4.78, 5) is 12.6. The number of nitrogens with zero attached hydrogens (tertiary/aromatic N) is 1. The molecule has 0 spiro atoms. The first kappa shape index (κ1) is 23.4. The Hall–Kier alpha value is -3.27. The van der Waals surface area contributed by atoms with Crippen molar-refractivity contribution in [3.8, 4) is 17.6 Å². The minimum Gasteiger partial charge on any atom is -0.493 e. The lowest BCUT2D eigenvalue weighted by atomic mass is 10.1. The number of benzene rings is 3. The molecule has 0 heterocycles. The number of aryl methyl sites for hydroxylation is 1. The van der Waals surface area contributed by atoms with E-state index in [1.807, 2.05) is 55.5 Å². The van der Waals surface area contributed by atoms with Crippen molar-refractivity contribution in [3.05, 3.63) is 92.4 Å². The second-order valence-electron chi connectivity index (χ2n) is 6.94. The normalized spacial score (nSPS) is 10.9. The highest BCUT2D eigenvalue weighted by Crippen LogP contribution is 2.37. The maximum absolute atomic E-state index is 12.6. The summed E-state index contributed by atoms with van der Waals surface area (Å²) in [6, 6.07) is 20.3. The molecule has 0 aliphatic carbocycles. The molecule has 0 aliphatic heterocycles. The van der Waals surface area contributed by atoms with E-state index < -0.39 is 5.91 Å². The van der Waals surface area contributed by atoms with E-state index in [2.05, 4.69) is 21.2 Å². The number of nitriles is 1. The van der Waals surface area contributed by atoms with Crippen LogP contribution in [0.5, 0.6) is 11.5 Å². The standard InChI is InChI=1S/C25H20BrClN2O3/c1-16-4-3-5-21(10-16)29-25(30)19(14-28)11-18-12-22(27)24(23(13-18)31-2)32-15-17-6-8-20(26)9-7-17/h3-13H,15H2,1-2H3,(H,29,30)/b19-11-. The molecule has 0 saturated heterocycles. The molecule has 0 unspecified atom stereocenters. The first-order valence-corrected chi connectivity index (χ1v) is 10.8. The van der Waals surface area contributed by atoms with Gasteiger partial charge in [-0.05, 0) is 66.1 Å². The van der Waals surface area contributed by atoms with Crippen molar-refractivity contribution in [2.75, 3.05) is 12.4 Å². The molecule has 0 aromatic heterocycles. The third-order valence-electron chi connectivity index (χ3n) is 4.50. The zero-order valence-corrected chi connectivity index (χ0v) is 19.8. The zero-order chi connectivity index (χ0) is 23.1. The van der Waals surface area contributed by atoms with Crippen LogP contribution in [-0.2, 0) is 11.4 Å². The van der Waals surface area contributed by atoms with Gasteiger partial charge in [-0.1, -0.05) is 51.8 Å². The maximum Gasteiger partial charge on any atom is 0.266 e. The van der Waals surface area contributed by atoms with Gasteiger partial charge in [0.1, 0.15) is 18.2 Å². The number of anilines is 1. The van der Waals surface area contributed by atoms with Crippen molar-refractivity contribution >= 4 is 45.2 Å². The minimum absolute atomic E-state index is 0.0619. The van der Waals surface area contributed by atoms with Crippen LogP contribution in [0.3, 0.4) is 0 Å². The molecular formula is C25H20BrClN2O3. The van der Waals surface area contributed by atoms with E-state index in [9.17, 15) is 10.1 Å². The summed E-state index contributed by atoms with van der Waals surface area (Å²) in [5.74, 6) is 0.276. The Bertz CT molecular complexity index is 1200. The van der Waals surface area contributed by atoms with Crippen LogP contribution >= 0.6 is 27.5 Å². The predicted octanol–water partition coefficient (Wildman–Crippen LogP) is 6.54. The average Bonchev–Trinajstić information content (AvgIpc) is 2.77. The molecule has 3 rings (SSSR count). The average molecular weight is 512 g/mol. The van der Waals surface area contributed by atoms with Crippen LogP contribution in [0, 0.1) is 18.3 Å². The van der Waals surface area contributed by atoms with E-state index in [0.29, 0.717) is 34.4 Å². The number of methoxy groups -OCH3 is 1. The van der Waals surface area contributed by atoms with Crippen LogP contribution in [0.15, 0.2) is 70.7 Å². The molecule has 3 aromatic carbocycles. The molecule has 0 fully saturated rings. The fourth-order valence-electron chi connectivity index (χ4n) is 2.94. The fraction of sp³-hybridized carbons (Fsp3) is 0.120. The molecule has 1 amide bonds. The first-order chi connectivity index (χ1) is 15.4. The van der Waals surface area contributed by atoms with Gasteiger partial charge in [0.05, 0.1) is 12.1 Å². The molecule has 162 valence electrons. The van der Waals surface area contributed by atoms with Gasteiger partial charge in [-0.15, -0.1) is 0 Å². The maximum atomic E-state index is 12.6. The summed E-state index contributed by atoms with van der Waals surface area (Å²) < 4.78 is 12.3. The lowest BCUT2D eigenvalue weighted by molar-refractivity contribution is -0.112. The topological polar surface area (TPSA) is 71.3 Å². The van der Waals surface area contributed by atoms with E-state index in [0.717, 1.165) is 15.6 Å². The molecule has 0 saturated carbocycles. The molecule has 3 aromatic rings. The number of hydrogen-bond donors (Lipinski definition) is 1. The Kier molecular flexibility index (Phi) is 7.93. The highest BCUT2D eigenvalue weighted by Gasteiger charge is 2.14. The summed E-state index contributed by atoms with van der Waals surface area (Å²) in [6.45, 7) is 2.23. The monoisotopic (exact) mass is 510 g/mol. The van der Waals surface area contributed by atoms with Crippen LogP contribution in [0.25, 0.3) is 6.08 Å².